The molecule has 31 heavy (non-hydrogen) atoms. The van der Waals surface area contributed by atoms with E-state index in [-0.39, 0.29) is 27.9 Å². The molecule has 5 rings (SSSR count). The lowest BCUT2D eigenvalue weighted by molar-refractivity contribution is 0.477. The molecule has 2 aromatic carbocycles. The Morgan fingerprint density at radius 1 is 1.10 bits per heavy atom. The third-order valence-corrected chi connectivity index (χ3v) is 8.09. The van der Waals surface area contributed by atoms with Gasteiger partial charge in [-0.3, -0.25) is 13.9 Å². The molecule has 0 bridgehead atoms. The fourth-order valence-corrected chi connectivity index (χ4v) is 6.35. The number of para-hydroxylation sites is 1. The number of halogens is 1. The molecule has 3 heterocycles. The molecule has 0 atom stereocenters. The SMILES string of the molecule is O=c1c(C2=NS(O)(O)c3sc(Cl)cc3N2)c(O)c2ccccc2n1Cc1ccccc1. The van der Waals surface area contributed by atoms with Gasteiger partial charge in [-0.1, -0.05) is 64.8 Å². The predicted molar refractivity (Wildman–Crippen MR) is 126 cm³/mol. The van der Waals surface area contributed by atoms with Gasteiger partial charge in [0, 0.05) is 5.39 Å². The number of pyridine rings is 1. The number of thiophene rings is 1. The maximum atomic E-state index is 13.5. The average molecular weight is 474 g/mol. The summed E-state index contributed by atoms with van der Waals surface area (Å²) in [6, 6.07) is 18.0. The van der Waals surface area contributed by atoms with Crippen molar-refractivity contribution in [2.24, 2.45) is 4.40 Å². The van der Waals surface area contributed by atoms with E-state index in [4.69, 9.17) is 11.6 Å². The van der Waals surface area contributed by atoms with Crippen molar-refractivity contribution < 1.29 is 14.2 Å². The third-order valence-electron chi connectivity index (χ3n) is 4.95. The first-order valence-electron chi connectivity index (χ1n) is 9.18. The molecule has 7 nitrogen and oxygen atoms in total. The molecule has 1 aliphatic heterocycles. The van der Waals surface area contributed by atoms with E-state index in [1.807, 2.05) is 30.3 Å². The summed E-state index contributed by atoms with van der Waals surface area (Å²) < 4.78 is 27.1. The first-order chi connectivity index (χ1) is 14.8. The summed E-state index contributed by atoms with van der Waals surface area (Å²) in [7, 11) is -3.58. The summed E-state index contributed by atoms with van der Waals surface area (Å²) in [5.41, 5.74) is 1.16. The second-order valence-corrected chi connectivity index (χ2v) is 10.5. The van der Waals surface area contributed by atoms with Crippen LogP contribution in [0.2, 0.25) is 4.34 Å². The summed E-state index contributed by atoms with van der Waals surface area (Å²) >= 11 is 7.03. The maximum Gasteiger partial charge on any atom is 0.266 e. The fraction of sp³-hybridized carbons (Fsp3) is 0.0476. The molecule has 2 aromatic heterocycles. The van der Waals surface area contributed by atoms with Crippen molar-refractivity contribution >= 4 is 56.1 Å². The number of nitrogens with zero attached hydrogens (tertiary/aromatic N) is 2. The number of anilines is 1. The molecule has 4 aromatic rings. The minimum atomic E-state index is -3.58. The van der Waals surface area contributed by atoms with E-state index < -0.39 is 16.3 Å². The van der Waals surface area contributed by atoms with Gasteiger partial charge in [-0.05, 0) is 23.8 Å². The van der Waals surface area contributed by atoms with E-state index in [9.17, 15) is 19.0 Å². The molecule has 0 fully saturated rings. The zero-order valence-corrected chi connectivity index (χ0v) is 18.2. The van der Waals surface area contributed by atoms with Gasteiger partial charge in [-0.25, -0.2) is 0 Å². The van der Waals surface area contributed by atoms with Crippen LogP contribution in [0.3, 0.4) is 0 Å². The van der Waals surface area contributed by atoms with Crippen LogP contribution in [0.15, 0.2) is 74.1 Å². The number of fused-ring (bicyclic) bond motifs is 2. The van der Waals surface area contributed by atoms with Crippen LogP contribution in [0.4, 0.5) is 5.69 Å². The van der Waals surface area contributed by atoms with Gasteiger partial charge in [0.15, 0.2) is 10.0 Å². The summed E-state index contributed by atoms with van der Waals surface area (Å²) in [4.78, 5) is 13.5. The molecule has 0 unspecified atom stereocenters. The van der Waals surface area contributed by atoms with Gasteiger partial charge in [-0.15, -0.1) is 15.7 Å². The normalized spacial score (nSPS) is 15.8. The Morgan fingerprint density at radius 3 is 2.58 bits per heavy atom. The number of hydrogen-bond acceptors (Lipinski definition) is 7. The van der Waals surface area contributed by atoms with Gasteiger partial charge < -0.3 is 15.0 Å². The lowest BCUT2D eigenvalue weighted by Crippen LogP contribution is -2.32. The Hall–Kier alpha value is -2.82. The van der Waals surface area contributed by atoms with E-state index >= 15 is 0 Å². The molecular weight excluding hydrogens is 458 g/mol. The van der Waals surface area contributed by atoms with Crippen molar-refractivity contribution in [3.05, 3.63) is 86.5 Å². The zero-order valence-electron chi connectivity index (χ0n) is 15.8. The topological polar surface area (TPSA) is 107 Å². The van der Waals surface area contributed by atoms with Crippen LogP contribution in [-0.2, 0) is 6.54 Å². The Labute approximate surface area is 187 Å². The van der Waals surface area contributed by atoms with Crippen molar-refractivity contribution in [2.75, 3.05) is 5.32 Å². The van der Waals surface area contributed by atoms with Crippen molar-refractivity contribution in [3.63, 3.8) is 0 Å². The van der Waals surface area contributed by atoms with Crippen LogP contribution in [-0.4, -0.2) is 24.6 Å². The number of hydrogen-bond donors (Lipinski definition) is 4. The summed E-state index contributed by atoms with van der Waals surface area (Å²) in [6.45, 7) is 0.270. The largest absolute Gasteiger partial charge is 0.506 e. The lowest BCUT2D eigenvalue weighted by atomic mass is 10.1. The zero-order chi connectivity index (χ0) is 21.8. The standard InChI is InChI=1S/C21H16ClN3O4S2/c22-16-10-14-21(30-16)31(28,29)24-19(23-14)17-18(26)13-8-4-5-9-15(13)25(20(17)27)11-12-6-2-1-3-7-12/h1-10,26,28-29H,11H2,(H,23,24). The molecule has 0 spiro atoms. The highest BCUT2D eigenvalue weighted by Gasteiger charge is 2.32. The van der Waals surface area contributed by atoms with Gasteiger partial charge in [0.25, 0.3) is 5.56 Å². The molecule has 10 heteroatoms. The Kier molecular flexibility index (Phi) is 4.80. The fourth-order valence-electron chi connectivity index (χ4n) is 3.59. The van der Waals surface area contributed by atoms with Crippen LogP contribution in [0.25, 0.3) is 10.9 Å². The average Bonchev–Trinajstić information content (AvgIpc) is 3.13. The van der Waals surface area contributed by atoms with Gasteiger partial charge in [0.1, 0.15) is 11.3 Å². The van der Waals surface area contributed by atoms with E-state index in [1.165, 1.54) is 10.6 Å². The van der Waals surface area contributed by atoms with E-state index in [2.05, 4.69) is 9.71 Å². The Morgan fingerprint density at radius 2 is 1.81 bits per heavy atom. The first-order valence-corrected chi connectivity index (χ1v) is 11.9. The molecular formula is C21H16ClN3O4S2. The van der Waals surface area contributed by atoms with Crippen molar-refractivity contribution in [1.29, 1.82) is 0 Å². The number of aromatic hydroxyl groups is 1. The van der Waals surface area contributed by atoms with E-state index in [0.717, 1.165) is 16.9 Å². The third kappa shape index (κ3) is 3.40. The van der Waals surface area contributed by atoms with Crippen LogP contribution in [0.1, 0.15) is 11.1 Å². The summed E-state index contributed by atoms with van der Waals surface area (Å²) in [5, 5.41) is 14.4. The van der Waals surface area contributed by atoms with Crippen LogP contribution in [0, 0.1) is 0 Å². The summed E-state index contributed by atoms with van der Waals surface area (Å²) in [5.74, 6) is -0.395. The lowest BCUT2D eigenvalue weighted by Gasteiger charge is -2.31. The monoisotopic (exact) mass is 473 g/mol. The van der Waals surface area contributed by atoms with Gasteiger partial charge in [-0.2, -0.15) is 0 Å². The van der Waals surface area contributed by atoms with E-state index in [0.29, 0.717) is 20.9 Å². The van der Waals surface area contributed by atoms with Crippen molar-refractivity contribution in [2.45, 2.75) is 10.8 Å². The second-order valence-electron chi connectivity index (χ2n) is 6.95. The Bertz CT molecular complexity index is 1410. The van der Waals surface area contributed by atoms with Gasteiger partial charge in [0.2, 0.25) is 0 Å². The smallest absolute Gasteiger partial charge is 0.266 e. The first kappa shape index (κ1) is 20.1. The number of aromatic nitrogens is 1. The van der Waals surface area contributed by atoms with Gasteiger partial charge in [0.05, 0.1) is 22.1 Å². The predicted octanol–water partition coefficient (Wildman–Crippen LogP) is 5.37. The summed E-state index contributed by atoms with van der Waals surface area (Å²) in [6.07, 6.45) is 0. The van der Waals surface area contributed by atoms with Crippen molar-refractivity contribution in [1.82, 2.24) is 4.57 Å². The molecule has 158 valence electrons. The minimum absolute atomic E-state index is 0.114. The molecule has 4 N–H and O–H groups in total. The quantitative estimate of drug-likeness (QED) is 0.320. The minimum Gasteiger partial charge on any atom is -0.506 e. The van der Waals surface area contributed by atoms with Gasteiger partial charge >= 0.3 is 0 Å². The van der Waals surface area contributed by atoms with Crippen molar-refractivity contribution in [3.8, 4) is 5.75 Å². The molecule has 0 saturated carbocycles. The number of rotatable bonds is 3. The van der Waals surface area contributed by atoms with Crippen LogP contribution < -0.4 is 10.9 Å². The molecule has 0 aliphatic carbocycles. The highest BCUT2D eigenvalue weighted by Crippen LogP contribution is 2.59. The molecule has 0 saturated heterocycles. The van der Waals surface area contributed by atoms with Crippen LogP contribution >= 0.6 is 33.7 Å². The Balaban J connectivity index is 1.75. The highest BCUT2D eigenvalue weighted by molar-refractivity contribution is 8.24. The molecule has 0 radical (unpaired) electrons. The van der Waals surface area contributed by atoms with E-state index in [1.54, 1.807) is 24.3 Å². The number of nitrogens with one attached hydrogen (secondary N) is 1. The highest BCUT2D eigenvalue weighted by atomic mass is 35.5. The van der Waals surface area contributed by atoms with Crippen LogP contribution in [0.5, 0.6) is 5.75 Å². The molecule has 1 aliphatic rings. The number of benzene rings is 2. The second kappa shape index (κ2) is 7.40. The molecule has 0 amide bonds. The maximum absolute atomic E-state index is 13.5. The number of amidine groups is 1.